The molecule has 1 aliphatic rings. The predicted octanol–water partition coefficient (Wildman–Crippen LogP) is 3.76. The van der Waals surface area contributed by atoms with Gasteiger partial charge in [0.25, 0.3) is 0 Å². The summed E-state index contributed by atoms with van der Waals surface area (Å²) in [5.41, 5.74) is 1.86. The number of hydrogen-bond donors (Lipinski definition) is 1. The van der Waals surface area contributed by atoms with Gasteiger partial charge >= 0.3 is 0 Å². The monoisotopic (exact) mass is 264 g/mol. The number of phenolic OH excluding ortho intramolecular Hbond substituents is 1. The maximum Gasteiger partial charge on any atom is 0.183 e. The van der Waals surface area contributed by atoms with Crippen LogP contribution in [-0.4, -0.2) is 18.3 Å². The molecular formula is C16H24O3. The number of aromatic hydroxyl groups is 1. The molecule has 1 aliphatic heterocycles. The fourth-order valence-corrected chi connectivity index (χ4v) is 2.19. The highest BCUT2D eigenvalue weighted by molar-refractivity contribution is 5.41. The van der Waals surface area contributed by atoms with Gasteiger partial charge in [0.2, 0.25) is 0 Å². The van der Waals surface area contributed by atoms with E-state index in [1.807, 2.05) is 12.1 Å². The third-order valence-corrected chi connectivity index (χ3v) is 3.35. The van der Waals surface area contributed by atoms with E-state index in [4.69, 9.17) is 9.47 Å². The van der Waals surface area contributed by atoms with Gasteiger partial charge in [-0.2, -0.15) is 0 Å². The molecular weight excluding hydrogens is 240 g/mol. The Morgan fingerprint density at radius 2 is 1.74 bits per heavy atom. The normalized spacial score (nSPS) is 20.5. The minimum absolute atomic E-state index is 0.0697. The van der Waals surface area contributed by atoms with Crippen molar-refractivity contribution >= 4 is 0 Å². The standard InChI is InChI=1S/C16H24O3/c1-15(2,3)12-8-11(6-7-13(12)17)14-18-9-16(4,5)10-19-14/h6-8,14,17H,9-10H2,1-5H3. The van der Waals surface area contributed by atoms with Gasteiger partial charge in [0, 0.05) is 11.0 Å². The van der Waals surface area contributed by atoms with E-state index < -0.39 is 0 Å². The summed E-state index contributed by atoms with van der Waals surface area (Å²) in [6.45, 7) is 11.9. The van der Waals surface area contributed by atoms with Crippen molar-refractivity contribution in [3.8, 4) is 5.75 Å². The van der Waals surface area contributed by atoms with Crippen molar-refractivity contribution in [2.75, 3.05) is 13.2 Å². The summed E-state index contributed by atoms with van der Waals surface area (Å²) in [5.74, 6) is 0.326. The van der Waals surface area contributed by atoms with Gasteiger partial charge in [-0.25, -0.2) is 0 Å². The molecule has 0 aliphatic carbocycles. The van der Waals surface area contributed by atoms with E-state index in [1.54, 1.807) is 6.07 Å². The number of benzene rings is 1. The van der Waals surface area contributed by atoms with Gasteiger partial charge in [0.05, 0.1) is 13.2 Å². The summed E-state index contributed by atoms with van der Waals surface area (Å²) < 4.78 is 11.6. The molecule has 3 nitrogen and oxygen atoms in total. The fraction of sp³-hybridized carbons (Fsp3) is 0.625. The highest BCUT2D eigenvalue weighted by Crippen LogP contribution is 2.36. The van der Waals surface area contributed by atoms with Crippen LogP contribution in [0.15, 0.2) is 18.2 Å². The Morgan fingerprint density at radius 3 is 2.26 bits per heavy atom. The lowest BCUT2D eigenvalue weighted by atomic mass is 9.85. The molecule has 1 N–H and O–H groups in total. The largest absolute Gasteiger partial charge is 0.508 e. The Kier molecular flexibility index (Phi) is 3.63. The topological polar surface area (TPSA) is 38.7 Å². The van der Waals surface area contributed by atoms with Gasteiger partial charge in [0.15, 0.2) is 6.29 Å². The van der Waals surface area contributed by atoms with Crippen molar-refractivity contribution in [1.29, 1.82) is 0 Å². The summed E-state index contributed by atoms with van der Waals surface area (Å²) in [7, 11) is 0. The highest BCUT2D eigenvalue weighted by Gasteiger charge is 2.30. The second-order valence-electron chi connectivity index (χ2n) is 7.14. The summed E-state index contributed by atoms with van der Waals surface area (Å²) in [5, 5.41) is 9.97. The SMILES string of the molecule is CC1(C)COC(c2ccc(O)c(C(C)(C)C)c2)OC1. The van der Waals surface area contributed by atoms with Crippen LogP contribution in [0.1, 0.15) is 52.0 Å². The average Bonchev–Trinajstić information content (AvgIpc) is 2.28. The average molecular weight is 264 g/mol. The Morgan fingerprint density at radius 1 is 1.16 bits per heavy atom. The summed E-state index contributed by atoms with van der Waals surface area (Å²) in [6.07, 6.45) is -0.324. The second kappa shape index (κ2) is 4.80. The van der Waals surface area contributed by atoms with Crippen molar-refractivity contribution in [1.82, 2.24) is 0 Å². The van der Waals surface area contributed by atoms with Crippen molar-refractivity contribution in [3.05, 3.63) is 29.3 Å². The Bertz CT molecular complexity index is 448. The lowest BCUT2D eigenvalue weighted by Gasteiger charge is -2.35. The Hall–Kier alpha value is -1.06. The van der Waals surface area contributed by atoms with Crippen LogP contribution in [0, 0.1) is 5.41 Å². The molecule has 1 saturated heterocycles. The first-order valence-electron chi connectivity index (χ1n) is 6.76. The molecule has 3 heteroatoms. The summed E-state index contributed by atoms with van der Waals surface area (Å²) in [4.78, 5) is 0. The van der Waals surface area contributed by atoms with E-state index in [2.05, 4.69) is 34.6 Å². The van der Waals surface area contributed by atoms with Crippen LogP contribution in [-0.2, 0) is 14.9 Å². The number of rotatable bonds is 1. The van der Waals surface area contributed by atoms with Crippen molar-refractivity contribution < 1.29 is 14.6 Å². The second-order valence-corrected chi connectivity index (χ2v) is 7.14. The van der Waals surface area contributed by atoms with Gasteiger partial charge in [-0.1, -0.05) is 40.7 Å². The van der Waals surface area contributed by atoms with Gasteiger partial charge in [-0.05, 0) is 23.1 Å². The van der Waals surface area contributed by atoms with Gasteiger partial charge < -0.3 is 14.6 Å². The zero-order valence-corrected chi connectivity index (χ0v) is 12.5. The van der Waals surface area contributed by atoms with Crippen molar-refractivity contribution in [2.24, 2.45) is 5.41 Å². The van der Waals surface area contributed by atoms with Crippen LogP contribution in [0.4, 0.5) is 0 Å². The molecule has 1 aromatic carbocycles. The highest BCUT2D eigenvalue weighted by atomic mass is 16.7. The van der Waals surface area contributed by atoms with E-state index in [0.717, 1.165) is 11.1 Å². The quantitative estimate of drug-likeness (QED) is 0.839. The first-order valence-corrected chi connectivity index (χ1v) is 6.76. The zero-order valence-electron chi connectivity index (χ0n) is 12.5. The molecule has 2 rings (SSSR count). The molecule has 0 bridgehead atoms. The maximum atomic E-state index is 9.97. The number of ether oxygens (including phenoxy) is 2. The van der Waals surface area contributed by atoms with Gasteiger partial charge in [0.1, 0.15) is 5.75 Å². The summed E-state index contributed by atoms with van der Waals surface area (Å²) >= 11 is 0. The third kappa shape index (κ3) is 3.28. The third-order valence-electron chi connectivity index (χ3n) is 3.35. The molecule has 106 valence electrons. The first-order chi connectivity index (χ1) is 8.69. The molecule has 1 heterocycles. The van der Waals surface area contributed by atoms with E-state index in [9.17, 15) is 5.11 Å². The fourth-order valence-electron chi connectivity index (χ4n) is 2.19. The molecule has 1 aromatic rings. The van der Waals surface area contributed by atoms with E-state index in [1.165, 1.54) is 0 Å². The van der Waals surface area contributed by atoms with E-state index >= 15 is 0 Å². The van der Waals surface area contributed by atoms with Crippen LogP contribution in [0.2, 0.25) is 0 Å². The van der Waals surface area contributed by atoms with Crippen LogP contribution in [0.5, 0.6) is 5.75 Å². The number of phenols is 1. The van der Waals surface area contributed by atoms with Crippen LogP contribution >= 0.6 is 0 Å². The van der Waals surface area contributed by atoms with Crippen LogP contribution in [0.25, 0.3) is 0 Å². The Balaban J connectivity index is 2.23. The van der Waals surface area contributed by atoms with E-state index in [-0.39, 0.29) is 17.1 Å². The minimum Gasteiger partial charge on any atom is -0.508 e. The maximum absolute atomic E-state index is 9.97. The van der Waals surface area contributed by atoms with E-state index in [0.29, 0.717) is 19.0 Å². The van der Waals surface area contributed by atoms with Crippen molar-refractivity contribution in [3.63, 3.8) is 0 Å². The molecule has 0 atom stereocenters. The predicted molar refractivity (Wildman–Crippen MR) is 75.2 cm³/mol. The molecule has 0 radical (unpaired) electrons. The van der Waals surface area contributed by atoms with Gasteiger partial charge in [-0.15, -0.1) is 0 Å². The van der Waals surface area contributed by atoms with Crippen LogP contribution < -0.4 is 0 Å². The lowest BCUT2D eigenvalue weighted by Crippen LogP contribution is -2.33. The van der Waals surface area contributed by atoms with Crippen molar-refractivity contribution in [2.45, 2.75) is 46.3 Å². The van der Waals surface area contributed by atoms with Crippen LogP contribution in [0.3, 0.4) is 0 Å². The molecule has 19 heavy (non-hydrogen) atoms. The number of hydrogen-bond acceptors (Lipinski definition) is 3. The minimum atomic E-state index is -0.324. The van der Waals surface area contributed by atoms with Gasteiger partial charge in [-0.3, -0.25) is 0 Å². The molecule has 0 saturated carbocycles. The molecule has 0 spiro atoms. The molecule has 0 amide bonds. The zero-order chi connectivity index (χ0) is 14.3. The first kappa shape index (κ1) is 14.4. The lowest BCUT2D eigenvalue weighted by molar-refractivity contribution is -0.226. The molecule has 0 aromatic heterocycles. The smallest absolute Gasteiger partial charge is 0.183 e. The molecule has 1 fully saturated rings. The summed E-state index contributed by atoms with van der Waals surface area (Å²) in [6, 6.07) is 5.58. The molecule has 0 unspecified atom stereocenters. The Labute approximate surface area is 115 Å².